The van der Waals surface area contributed by atoms with Crippen LogP contribution in [0.15, 0.2) is 35.3 Å². The lowest BCUT2D eigenvalue weighted by Gasteiger charge is -2.19. The highest BCUT2D eigenvalue weighted by Crippen LogP contribution is 2.47. The Labute approximate surface area is 162 Å². The van der Waals surface area contributed by atoms with Gasteiger partial charge < -0.3 is 16.0 Å². The van der Waals surface area contributed by atoms with Gasteiger partial charge in [0.15, 0.2) is 5.96 Å². The van der Waals surface area contributed by atoms with Crippen LogP contribution in [-0.2, 0) is 10.2 Å². The number of nitrogens with zero attached hydrogens (tertiary/aromatic N) is 1. The molecular weight excluding hydrogens is 415 g/mol. The number of halogens is 1. The van der Waals surface area contributed by atoms with E-state index in [9.17, 15) is 4.79 Å². The fourth-order valence-corrected chi connectivity index (χ4v) is 2.55. The Kier molecular flexibility index (Phi) is 8.52. The van der Waals surface area contributed by atoms with E-state index in [-0.39, 0.29) is 41.2 Å². The zero-order valence-electron chi connectivity index (χ0n) is 14.8. The molecule has 2 rings (SSSR count). The van der Waals surface area contributed by atoms with Crippen LogP contribution in [0.25, 0.3) is 0 Å². The fourth-order valence-electron chi connectivity index (χ4n) is 2.55. The van der Waals surface area contributed by atoms with Crippen molar-refractivity contribution in [2.45, 2.75) is 32.1 Å². The SMILES string of the molecule is CN=C(NCCNC(=O)C(C)C)NCC1(c2ccccc2)CC1.I. The molecule has 0 heterocycles. The van der Waals surface area contributed by atoms with Crippen molar-refractivity contribution in [3.05, 3.63) is 35.9 Å². The fraction of sp³-hybridized carbons (Fsp3) is 0.556. The Morgan fingerprint density at radius 2 is 1.75 bits per heavy atom. The van der Waals surface area contributed by atoms with Crippen LogP contribution in [0.4, 0.5) is 0 Å². The third-order valence-corrected chi connectivity index (χ3v) is 4.30. The highest BCUT2D eigenvalue weighted by Gasteiger charge is 2.43. The Balaban J connectivity index is 0.00000288. The number of carbonyl (C=O) groups excluding carboxylic acids is 1. The van der Waals surface area contributed by atoms with Gasteiger partial charge in [-0.2, -0.15) is 0 Å². The lowest BCUT2D eigenvalue weighted by atomic mass is 9.96. The summed E-state index contributed by atoms with van der Waals surface area (Å²) in [6, 6.07) is 10.7. The molecule has 0 unspecified atom stereocenters. The number of carbonyl (C=O) groups is 1. The van der Waals surface area contributed by atoms with Gasteiger partial charge in [0.05, 0.1) is 0 Å². The standard InChI is InChI=1S/C18H28N4O.HI/c1-14(2)16(23)20-11-12-21-17(19-3)22-13-18(9-10-18)15-7-5-4-6-8-15;/h4-8,14H,9-13H2,1-3H3,(H,20,23)(H2,19,21,22);1H. The Morgan fingerprint density at radius 1 is 1.12 bits per heavy atom. The molecule has 1 saturated carbocycles. The maximum Gasteiger partial charge on any atom is 0.222 e. The van der Waals surface area contributed by atoms with E-state index >= 15 is 0 Å². The van der Waals surface area contributed by atoms with Crippen LogP contribution in [0.3, 0.4) is 0 Å². The third-order valence-electron chi connectivity index (χ3n) is 4.30. The maximum absolute atomic E-state index is 11.5. The average Bonchev–Trinajstić information content (AvgIpc) is 3.36. The van der Waals surface area contributed by atoms with Crippen molar-refractivity contribution in [2.24, 2.45) is 10.9 Å². The summed E-state index contributed by atoms with van der Waals surface area (Å²) in [5, 5.41) is 9.54. The highest BCUT2D eigenvalue weighted by atomic mass is 127. The number of nitrogens with one attached hydrogen (secondary N) is 3. The molecule has 1 fully saturated rings. The van der Waals surface area contributed by atoms with E-state index in [1.807, 2.05) is 13.8 Å². The van der Waals surface area contributed by atoms with E-state index < -0.39 is 0 Å². The maximum atomic E-state index is 11.5. The first kappa shape index (κ1) is 20.7. The highest BCUT2D eigenvalue weighted by molar-refractivity contribution is 14.0. The molecule has 3 N–H and O–H groups in total. The molecule has 0 bridgehead atoms. The molecule has 0 saturated heterocycles. The quantitative estimate of drug-likeness (QED) is 0.262. The van der Waals surface area contributed by atoms with Gasteiger partial charge >= 0.3 is 0 Å². The van der Waals surface area contributed by atoms with Gasteiger partial charge in [0.2, 0.25) is 5.91 Å². The van der Waals surface area contributed by atoms with Crippen LogP contribution >= 0.6 is 24.0 Å². The van der Waals surface area contributed by atoms with Gasteiger partial charge in [-0.05, 0) is 18.4 Å². The molecule has 134 valence electrons. The first-order valence-electron chi connectivity index (χ1n) is 8.35. The Morgan fingerprint density at radius 3 is 2.29 bits per heavy atom. The minimum Gasteiger partial charge on any atom is -0.356 e. The van der Waals surface area contributed by atoms with Gasteiger partial charge in [-0.25, -0.2) is 0 Å². The van der Waals surface area contributed by atoms with Crippen LogP contribution in [0.1, 0.15) is 32.3 Å². The topological polar surface area (TPSA) is 65.5 Å². The first-order valence-corrected chi connectivity index (χ1v) is 8.35. The molecule has 0 aliphatic heterocycles. The van der Waals surface area contributed by atoms with Crippen LogP contribution in [0.5, 0.6) is 0 Å². The van der Waals surface area contributed by atoms with E-state index in [0.29, 0.717) is 13.1 Å². The van der Waals surface area contributed by atoms with Crippen LogP contribution in [-0.4, -0.2) is 38.5 Å². The van der Waals surface area contributed by atoms with Gasteiger partial charge in [0.1, 0.15) is 0 Å². The average molecular weight is 444 g/mol. The molecule has 0 radical (unpaired) electrons. The van der Waals surface area contributed by atoms with Crippen molar-refractivity contribution >= 4 is 35.8 Å². The number of hydrogen-bond acceptors (Lipinski definition) is 2. The van der Waals surface area contributed by atoms with Crippen molar-refractivity contribution in [3.63, 3.8) is 0 Å². The summed E-state index contributed by atoms with van der Waals surface area (Å²) in [6.45, 7) is 5.93. The van der Waals surface area contributed by atoms with Crippen molar-refractivity contribution in [3.8, 4) is 0 Å². The zero-order valence-corrected chi connectivity index (χ0v) is 17.1. The number of guanidine groups is 1. The van der Waals surface area contributed by atoms with Crippen LogP contribution in [0, 0.1) is 5.92 Å². The molecule has 24 heavy (non-hydrogen) atoms. The van der Waals surface area contributed by atoms with E-state index in [2.05, 4.69) is 51.3 Å². The van der Waals surface area contributed by atoms with Crippen molar-refractivity contribution in [1.29, 1.82) is 0 Å². The lowest BCUT2D eigenvalue weighted by molar-refractivity contribution is -0.123. The zero-order chi connectivity index (χ0) is 16.7. The summed E-state index contributed by atoms with van der Waals surface area (Å²) in [6.07, 6.45) is 2.43. The molecular formula is C18H29IN4O. The second-order valence-electron chi connectivity index (χ2n) is 6.44. The van der Waals surface area contributed by atoms with Gasteiger partial charge in [0.25, 0.3) is 0 Å². The second kappa shape index (κ2) is 9.86. The number of rotatable bonds is 7. The van der Waals surface area contributed by atoms with Gasteiger partial charge in [-0.15, -0.1) is 24.0 Å². The van der Waals surface area contributed by atoms with Gasteiger partial charge in [0, 0.05) is 38.0 Å². The summed E-state index contributed by atoms with van der Waals surface area (Å²) in [4.78, 5) is 15.7. The number of benzene rings is 1. The van der Waals surface area contributed by atoms with Gasteiger partial charge in [-0.1, -0.05) is 44.2 Å². The summed E-state index contributed by atoms with van der Waals surface area (Å²) in [7, 11) is 1.77. The number of hydrogen-bond donors (Lipinski definition) is 3. The normalized spacial score (nSPS) is 15.4. The Hall–Kier alpha value is -1.31. The van der Waals surface area contributed by atoms with Gasteiger partial charge in [-0.3, -0.25) is 9.79 Å². The molecule has 0 spiro atoms. The predicted molar refractivity (Wildman–Crippen MR) is 110 cm³/mol. The molecule has 5 nitrogen and oxygen atoms in total. The minimum absolute atomic E-state index is 0. The molecule has 1 amide bonds. The number of aliphatic imine (C=N–C) groups is 1. The molecule has 0 aromatic heterocycles. The largest absolute Gasteiger partial charge is 0.356 e. The molecule has 1 aromatic rings. The van der Waals surface area contributed by atoms with E-state index in [0.717, 1.165) is 12.5 Å². The van der Waals surface area contributed by atoms with Crippen molar-refractivity contribution < 1.29 is 4.79 Å². The lowest BCUT2D eigenvalue weighted by Crippen LogP contribution is -2.44. The molecule has 1 aliphatic carbocycles. The smallest absolute Gasteiger partial charge is 0.222 e. The second-order valence-corrected chi connectivity index (χ2v) is 6.44. The molecule has 1 aromatic carbocycles. The van der Waals surface area contributed by atoms with Crippen LogP contribution < -0.4 is 16.0 Å². The molecule has 1 aliphatic rings. The summed E-state index contributed by atoms with van der Waals surface area (Å²) in [5.41, 5.74) is 1.65. The van der Waals surface area contributed by atoms with Crippen LogP contribution in [0.2, 0.25) is 0 Å². The van der Waals surface area contributed by atoms with Crippen molar-refractivity contribution in [2.75, 3.05) is 26.7 Å². The summed E-state index contributed by atoms with van der Waals surface area (Å²) >= 11 is 0. The predicted octanol–water partition coefficient (Wildman–Crippen LogP) is 2.27. The first-order chi connectivity index (χ1) is 11.1. The summed E-state index contributed by atoms with van der Waals surface area (Å²) in [5.74, 6) is 0.884. The van der Waals surface area contributed by atoms with E-state index in [1.165, 1.54) is 18.4 Å². The minimum atomic E-state index is 0. The molecule has 0 atom stereocenters. The van der Waals surface area contributed by atoms with E-state index in [4.69, 9.17) is 0 Å². The summed E-state index contributed by atoms with van der Waals surface area (Å²) < 4.78 is 0. The number of amides is 1. The third kappa shape index (κ3) is 5.96. The van der Waals surface area contributed by atoms with Crippen molar-refractivity contribution in [1.82, 2.24) is 16.0 Å². The van der Waals surface area contributed by atoms with E-state index in [1.54, 1.807) is 7.05 Å². The Bertz CT molecular complexity index is 541. The monoisotopic (exact) mass is 444 g/mol. The molecule has 6 heteroatoms.